The van der Waals surface area contributed by atoms with Crippen LogP contribution in [0.5, 0.6) is 0 Å². The first-order valence-corrected chi connectivity index (χ1v) is 11.0. The smallest absolute Gasteiger partial charge is 0.202 e. The number of hydrogen-bond donors (Lipinski definition) is 0. The fourth-order valence-corrected chi connectivity index (χ4v) is 4.25. The zero-order valence-corrected chi connectivity index (χ0v) is 18.2. The van der Waals surface area contributed by atoms with Crippen LogP contribution >= 0.6 is 24.0 Å². The quantitative estimate of drug-likeness (QED) is 0.208. The molecule has 3 aromatic carbocycles. The second-order valence-corrected chi connectivity index (χ2v) is 8.33. The number of Topliss-reactive ketones (excluding diaryl/α,β-unsaturated/α-hetero) is 1. The molecule has 0 aliphatic heterocycles. The van der Waals surface area contributed by atoms with Crippen molar-refractivity contribution in [3.8, 4) is 5.69 Å². The molecular formula is C24H21N3OS2. The van der Waals surface area contributed by atoms with Crippen molar-refractivity contribution >= 4 is 29.8 Å². The first kappa shape index (κ1) is 20.3. The van der Waals surface area contributed by atoms with Gasteiger partial charge in [-0.25, -0.2) is 4.68 Å². The van der Waals surface area contributed by atoms with Gasteiger partial charge in [0.2, 0.25) is 4.77 Å². The number of carbonyl (C=O) groups is 1. The van der Waals surface area contributed by atoms with Crippen molar-refractivity contribution in [1.82, 2.24) is 14.3 Å². The molecule has 1 heterocycles. The molecule has 0 radical (unpaired) electrons. The summed E-state index contributed by atoms with van der Waals surface area (Å²) in [6, 6.07) is 27.6. The predicted molar refractivity (Wildman–Crippen MR) is 124 cm³/mol. The fourth-order valence-electron chi connectivity index (χ4n) is 3.12. The maximum atomic E-state index is 12.7. The van der Waals surface area contributed by atoms with E-state index in [1.807, 2.05) is 65.2 Å². The highest BCUT2D eigenvalue weighted by molar-refractivity contribution is 7.98. The molecular weight excluding hydrogens is 410 g/mol. The summed E-state index contributed by atoms with van der Waals surface area (Å²) in [5.74, 6) is 1.45. The number of carbonyl (C=O) groups excluding carboxylic acids is 1. The minimum Gasteiger partial charge on any atom is -0.292 e. The van der Waals surface area contributed by atoms with Crippen LogP contribution < -0.4 is 0 Å². The number of rotatable bonds is 7. The van der Waals surface area contributed by atoms with E-state index in [0.29, 0.717) is 16.1 Å². The molecule has 4 aromatic rings. The van der Waals surface area contributed by atoms with E-state index in [9.17, 15) is 4.79 Å². The number of para-hydroxylation sites is 1. The number of ketones is 1. The van der Waals surface area contributed by atoms with E-state index in [2.05, 4.69) is 31.2 Å². The Bertz CT molecular complexity index is 1200. The molecule has 0 unspecified atom stereocenters. The van der Waals surface area contributed by atoms with Gasteiger partial charge in [-0.05, 0) is 43.4 Å². The lowest BCUT2D eigenvalue weighted by molar-refractivity contribution is 0.0967. The van der Waals surface area contributed by atoms with Gasteiger partial charge < -0.3 is 0 Å². The average Bonchev–Trinajstić information content (AvgIpc) is 3.09. The van der Waals surface area contributed by atoms with Gasteiger partial charge in [-0.2, -0.15) is 5.10 Å². The number of nitrogens with zero attached hydrogens (tertiary/aromatic N) is 3. The molecule has 4 rings (SSSR count). The zero-order chi connectivity index (χ0) is 20.9. The molecule has 150 valence electrons. The van der Waals surface area contributed by atoms with Crippen LogP contribution in [0.3, 0.4) is 0 Å². The van der Waals surface area contributed by atoms with Crippen LogP contribution in [0, 0.1) is 11.7 Å². The van der Waals surface area contributed by atoms with Gasteiger partial charge in [0.1, 0.15) is 12.4 Å². The molecule has 0 saturated carbocycles. The molecule has 30 heavy (non-hydrogen) atoms. The molecule has 0 amide bonds. The summed E-state index contributed by atoms with van der Waals surface area (Å²) in [4.78, 5) is 13.9. The van der Waals surface area contributed by atoms with Crippen LogP contribution in [0.25, 0.3) is 5.69 Å². The third-order valence-electron chi connectivity index (χ3n) is 4.70. The molecule has 0 bridgehead atoms. The topological polar surface area (TPSA) is 39.8 Å². The molecule has 6 heteroatoms. The Kier molecular flexibility index (Phi) is 6.26. The van der Waals surface area contributed by atoms with Gasteiger partial charge in [0.25, 0.3) is 0 Å². The standard InChI is InChI=1S/C24H21N3OS2/c1-18-12-14-21(15-13-18)30-17-23-25-26(16-22(28)19-8-4-2-5-9-19)24(29)27(23)20-10-6-3-7-11-20/h2-15H,16-17H2,1H3. The van der Waals surface area contributed by atoms with Gasteiger partial charge in [-0.1, -0.05) is 66.2 Å². The summed E-state index contributed by atoms with van der Waals surface area (Å²) < 4.78 is 4.10. The normalized spacial score (nSPS) is 10.8. The van der Waals surface area contributed by atoms with Crippen molar-refractivity contribution in [3.05, 3.63) is 107 Å². The molecule has 0 fully saturated rings. The van der Waals surface area contributed by atoms with Crippen LogP contribution in [0.4, 0.5) is 0 Å². The van der Waals surface area contributed by atoms with Crippen LogP contribution in [-0.2, 0) is 12.3 Å². The van der Waals surface area contributed by atoms with Gasteiger partial charge in [0.15, 0.2) is 5.78 Å². The molecule has 0 saturated heterocycles. The Hall–Kier alpha value is -2.96. The Morgan fingerprint density at radius 1 is 0.933 bits per heavy atom. The average molecular weight is 432 g/mol. The predicted octanol–water partition coefficient (Wildman–Crippen LogP) is 5.89. The highest BCUT2D eigenvalue weighted by Gasteiger charge is 2.16. The van der Waals surface area contributed by atoms with Crippen LogP contribution in [0.2, 0.25) is 0 Å². The summed E-state index contributed by atoms with van der Waals surface area (Å²) >= 11 is 7.41. The lowest BCUT2D eigenvalue weighted by Crippen LogP contribution is -2.12. The minimum atomic E-state index is -0.0119. The van der Waals surface area contributed by atoms with Crippen LogP contribution in [0.15, 0.2) is 89.8 Å². The first-order chi connectivity index (χ1) is 14.6. The zero-order valence-electron chi connectivity index (χ0n) is 16.6. The van der Waals surface area contributed by atoms with E-state index in [4.69, 9.17) is 17.3 Å². The number of thioether (sulfide) groups is 1. The molecule has 4 nitrogen and oxygen atoms in total. The molecule has 0 aliphatic carbocycles. The largest absolute Gasteiger partial charge is 0.292 e. The Morgan fingerprint density at radius 3 is 2.23 bits per heavy atom. The van der Waals surface area contributed by atoms with E-state index >= 15 is 0 Å². The second kappa shape index (κ2) is 9.24. The van der Waals surface area contributed by atoms with Gasteiger partial charge in [-0.15, -0.1) is 11.8 Å². The lowest BCUT2D eigenvalue weighted by Gasteiger charge is -2.06. The monoisotopic (exact) mass is 431 g/mol. The van der Waals surface area contributed by atoms with E-state index < -0.39 is 0 Å². The third-order valence-corrected chi connectivity index (χ3v) is 6.10. The summed E-state index contributed by atoms with van der Waals surface area (Å²) in [5, 5.41) is 4.72. The Balaban J connectivity index is 1.65. The van der Waals surface area contributed by atoms with Gasteiger partial charge >= 0.3 is 0 Å². The highest BCUT2D eigenvalue weighted by atomic mass is 32.2. The lowest BCUT2D eigenvalue weighted by atomic mass is 10.1. The summed E-state index contributed by atoms with van der Waals surface area (Å²) in [6.45, 7) is 2.19. The van der Waals surface area contributed by atoms with Crippen molar-refractivity contribution in [3.63, 3.8) is 0 Å². The van der Waals surface area contributed by atoms with E-state index in [1.54, 1.807) is 16.4 Å². The van der Waals surface area contributed by atoms with E-state index in [1.165, 1.54) is 10.5 Å². The second-order valence-electron chi connectivity index (χ2n) is 6.92. The van der Waals surface area contributed by atoms with Crippen LogP contribution in [-0.4, -0.2) is 20.1 Å². The molecule has 0 atom stereocenters. The van der Waals surface area contributed by atoms with Crippen LogP contribution in [0.1, 0.15) is 21.7 Å². The highest BCUT2D eigenvalue weighted by Crippen LogP contribution is 2.24. The van der Waals surface area contributed by atoms with Crippen molar-refractivity contribution in [2.45, 2.75) is 24.1 Å². The Morgan fingerprint density at radius 2 is 1.57 bits per heavy atom. The summed E-state index contributed by atoms with van der Waals surface area (Å²) in [7, 11) is 0. The van der Waals surface area contributed by atoms with E-state index in [-0.39, 0.29) is 12.3 Å². The minimum absolute atomic E-state index is 0.0119. The van der Waals surface area contributed by atoms with Gasteiger partial charge in [0, 0.05) is 16.1 Å². The number of hydrogen-bond acceptors (Lipinski definition) is 4. The molecule has 0 spiro atoms. The summed E-state index contributed by atoms with van der Waals surface area (Å²) in [5.41, 5.74) is 2.83. The summed E-state index contributed by atoms with van der Waals surface area (Å²) in [6.07, 6.45) is 0. The maximum absolute atomic E-state index is 12.7. The van der Waals surface area contributed by atoms with Crippen molar-refractivity contribution in [2.75, 3.05) is 0 Å². The van der Waals surface area contributed by atoms with Crippen molar-refractivity contribution < 1.29 is 4.79 Å². The van der Waals surface area contributed by atoms with E-state index in [0.717, 1.165) is 11.5 Å². The molecule has 1 aromatic heterocycles. The first-order valence-electron chi connectivity index (χ1n) is 9.64. The number of aromatic nitrogens is 3. The molecule has 0 N–H and O–H groups in total. The number of aryl methyl sites for hydroxylation is 1. The maximum Gasteiger partial charge on any atom is 0.202 e. The number of benzene rings is 3. The van der Waals surface area contributed by atoms with Crippen molar-refractivity contribution in [2.24, 2.45) is 0 Å². The third kappa shape index (κ3) is 4.61. The van der Waals surface area contributed by atoms with Gasteiger partial charge in [0.05, 0.1) is 5.75 Å². The molecule has 0 aliphatic rings. The SMILES string of the molecule is Cc1ccc(SCc2nn(CC(=O)c3ccccc3)c(=S)n2-c2ccccc2)cc1. The van der Waals surface area contributed by atoms with Gasteiger partial charge in [-0.3, -0.25) is 9.36 Å². The Labute approximate surface area is 185 Å². The fraction of sp³-hybridized carbons (Fsp3) is 0.125. The van der Waals surface area contributed by atoms with Crippen molar-refractivity contribution in [1.29, 1.82) is 0 Å².